The Bertz CT molecular complexity index is 435. The highest BCUT2D eigenvalue weighted by Crippen LogP contribution is 2.32. The van der Waals surface area contributed by atoms with E-state index in [1.165, 1.54) is 0 Å². The minimum atomic E-state index is 0.0265. The van der Waals surface area contributed by atoms with Gasteiger partial charge in [0.1, 0.15) is 0 Å². The molecule has 1 fully saturated rings. The lowest BCUT2D eigenvalue weighted by atomic mass is 9.84. The maximum absolute atomic E-state index is 12.2. The van der Waals surface area contributed by atoms with Crippen molar-refractivity contribution in [2.75, 3.05) is 13.6 Å². The molecule has 1 aliphatic carbocycles. The first-order valence-electron chi connectivity index (χ1n) is 6.12. The molecular weight excluding hydrogens is 269 g/mol. The average molecular weight is 286 g/mol. The molecule has 1 aliphatic rings. The fraction of sp³-hybridized carbons (Fsp3) is 0.500. The van der Waals surface area contributed by atoms with Gasteiger partial charge in [0.05, 0.1) is 0 Å². The first-order valence-corrected chi connectivity index (χ1v) is 6.94. The second-order valence-corrected chi connectivity index (χ2v) is 6.19. The molecule has 0 saturated heterocycles. The maximum Gasteiger partial charge on any atom is 0.253 e. The summed E-state index contributed by atoms with van der Waals surface area (Å²) in [5.74, 6) is 0.570. The van der Waals surface area contributed by atoms with E-state index in [-0.39, 0.29) is 5.91 Å². The van der Waals surface area contributed by atoms with E-state index in [1.807, 2.05) is 26.1 Å². The number of alkyl halides is 1. The van der Waals surface area contributed by atoms with E-state index >= 15 is 0 Å². The van der Waals surface area contributed by atoms with E-state index in [0.717, 1.165) is 24.9 Å². The molecule has 0 radical (unpaired) electrons. The molecule has 0 aliphatic heterocycles. The molecule has 1 saturated carbocycles. The van der Waals surface area contributed by atoms with E-state index in [1.54, 1.807) is 11.0 Å². The normalized spacial score (nSPS) is 22.4. The second kappa shape index (κ2) is 5.50. The summed E-state index contributed by atoms with van der Waals surface area (Å²) in [7, 11) is 1.83. The van der Waals surface area contributed by atoms with Crippen LogP contribution in [0, 0.1) is 12.8 Å². The van der Waals surface area contributed by atoms with Crippen LogP contribution in [0.2, 0.25) is 5.02 Å². The monoisotopic (exact) mass is 285 g/mol. The average Bonchev–Trinajstić information content (AvgIpc) is 2.24. The van der Waals surface area contributed by atoms with Crippen molar-refractivity contribution in [3.63, 3.8) is 0 Å². The molecule has 18 heavy (non-hydrogen) atoms. The molecule has 4 heteroatoms. The number of amides is 1. The SMILES string of the molecule is Cc1cc(Cl)cc(C(=O)N(C)CC2CC(Cl)C2)c1. The summed E-state index contributed by atoms with van der Waals surface area (Å²) >= 11 is 11.9. The van der Waals surface area contributed by atoms with E-state index in [9.17, 15) is 4.79 Å². The van der Waals surface area contributed by atoms with Gasteiger partial charge in [0.25, 0.3) is 5.91 Å². The summed E-state index contributed by atoms with van der Waals surface area (Å²) in [5.41, 5.74) is 1.66. The standard InChI is InChI=1S/C14H17Cl2NO/c1-9-3-11(7-12(15)4-9)14(18)17(2)8-10-5-13(16)6-10/h3-4,7,10,13H,5-6,8H2,1-2H3. The summed E-state index contributed by atoms with van der Waals surface area (Å²) < 4.78 is 0. The molecule has 0 spiro atoms. The lowest BCUT2D eigenvalue weighted by Gasteiger charge is -2.34. The molecule has 98 valence electrons. The quantitative estimate of drug-likeness (QED) is 0.775. The Morgan fingerprint density at radius 1 is 1.39 bits per heavy atom. The number of aryl methyl sites for hydroxylation is 1. The third-order valence-electron chi connectivity index (χ3n) is 3.35. The zero-order valence-corrected chi connectivity index (χ0v) is 12.1. The largest absolute Gasteiger partial charge is 0.341 e. The van der Waals surface area contributed by atoms with E-state index in [4.69, 9.17) is 23.2 Å². The molecule has 0 atom stereocenters. The predicted molar refractivity (Wildman–Crippen MR) is 75.5 cm³/mol. The van der Waals surface area contributed by atoms with Crippen molar-refractivity contribution in [2.24, 2.45) is 5.92 Å². The van der Waals surface area contributed by atoms with Gasteiger partial charge in [-0.1, -0.05) is 11.6 Å². The fourth-order valence-electron chi connectivity index (χ4n) is 2.35. The van der Waals surface area contributed by atoms with Gasteiger partial charge in [-0.15, -0.1) is 11.6 Å². The molecule has 0 aromatic heterocycles. The molecule has 1 aromatic carbocycles. The Labute approximate surface area is 118 Å². The third kappa shape index (κ3) is 3.18. The highest BCUT2D eigenvalue weighted by molar-refractivity contribution is 6.31. The number of carbonyl (C=O) groups excluding carboxylic acids is 1. The van der Waals surface area contributed by atoms with E-state index < -0.39 is 0 Å². The van der Waals surface area contributed by atoms with Gasteiger partial charge in [-0.25, -0.2) is 0 Å². The van der Waals surface area contributed by atoms with Crippen LogP contribution in [-0.4, -0.2) is 29.8 Å². The van der Waals surface area contributed by atoms with Crippen molar-refractivity contribution in [1.82, 2.24) is 4.90 Å². The molecule has 0 heterocycles. The van der Waals surface area contributed by atoms with Crippen molar-refractivity contribution in [2.45, 2.75) is 25.1 Å². The molecule has 0 bridgehead atoms. The van der Waals surface area contributed by atoms with Gasteiger partial charge in [0.15, 0.2) is 0 Å². The van der Waals surface area contributed by atoms with Crippen LogP contribution < -0.4 is 0 Å². The Kier molecular flexibility index (Phi) is 4.18. The van der Waals surface area contributed by atoms with Crippen LogP contribution in [0.5, 0.6) is 0 Å². The zero-order chi connectivity index (χ0) is 13.3. The smallest absolute Gasteiger partial charge is 0.253 e. The lowest BCUT2D eigenvalue weighted by molar-refractivity contribution is 0.0747. The highest BCUT2D eigenvalue weighted by Gasteiger charge is 2.29. The van der Waals surface area contributed by atoms with Crippen molar-refractivity contribution in [3.8, 4) is 0 Å². The summed E-state index contributed by atoms with van der Waals surface area (Å²) in [6, 6.07) is 5.44. The van der Waals surface area contributed by atoms with Crippen molar-refractivity contribution >= 4 is 29.1 Å². The summed E-state index contributed by atoms with van der Waals surface area (Å²) in [5, 5.41) is 0.906. The van der Waals surface area contributed by atoms with Gasteiger partial charge in [-0.3, -0.25) is 4.79 Å². The highest BCUT2D eigenvalue weighted by atomic mass is 35.5. The van der Waals surface area contributed by atoms with Crippen molar-refractivity contribution in [3.05, 3.63) is 34.3 Å². The van der Waals surface area contributed by atoms with Gasteiger partial charge in [-0.2, -0.15) is 0 Å². The van der Waals surface area contributed by atoms with Crippen LogP contribution >= 0.6 is 23.2 Å². The third-order valence-corrected chi connectivity index (χ3v) is 3.92. The number of halogens is 2. The number of rotatable bonds is 3. The Balaban J connectivity index is 2.01. The Morgan fingerprint density at radius 3 is 2.61 bits per heavy atom. The van der Waals surface area contributed by atoms with Crippen LogP contribution in [0.4, 0.5) is 0 Å². The van der Waals surface area contributed by atoms with Crippen molar-refractivity contribution < 1.29 is 4.79 Å². The van der Waals surface area contributed by atoms with Crippen LogP contribution in [0.1, 0.15) is 28.8 Å². The van der Waals surface area contributed by atoms with Gasteiger partial charge in [0, 0.05) is 29.6 Å². The second-order valence-electron chi connectivity index (χ2n) is 5.14. The van der Waals surface area contributed by atoms with Crippen LogP contribution in [0.3, 0.4) is 0 Å². The first-order chi connectivity index (χ1) is 8.45. The summed E-state index contributed by atoms with van der Waals surface area (Å²) in [6.45, 7) is 2.71. The number of hydrogen-bond acceptors (Lipinski definition) is 1. The summed E-state index contributed by atoms with van der Waals surface area (Å²) in [6.07, 6.45) is 2.02. The number of hydrogen-bond donors (Lipinski definition) is 0. The van der Waals surface area contributed by atoms with Gasteiger partial charge in [-0.05, 0) is 49.4 Å². The van der Waals surface area contributed by atoms with Crippen LogP contribution in [0.25, 0.3) is 0 Å². The molecule has 2 rings (SSSR count). The molecule has 0 N–H and O–H groups in total. The Morgan fingerprint density at radius 2 is 2.06 bits per heavy atom. The fourth-order valence-corrected chi connectivity index (χ4v) is 3.15. The van der Waals surface area contributed by atoms with E-state index in [2.05, 4.69) is 0 Å². The van der Waals surface area contributed by atoms with Gasteiger partial charge < -0.3 is 4.90 Å². The molecule has 0 unspecified atom stereocenters. The van der Waals surface area contributed by atoms with Gasteiger partial charge in [0.2, 0.25) is 0 Å². The number of benzene rings is 1. The zero-order valence-electron chi connectivity index (χ0n) is 10.6. The lowest BCUT2D eigenvalue weighted by Crippen LogP contribution is -2.37. The van der Waals surface area contributed by atoms with Crippen molar-refractivity contribution in [1.29, 1.82) is 0 Å². The summed E-state index contributed by atoms with van der Waals surface area (Å²) in [4.78, 5) is 14.0. The van der Waals surface area contributed by atoms with Gasteiger partial charge >= 0.3 is 0 Å². The van der Waals surface area contributed by atoms with Crippen LogP contribution in [0.15, 0.2) is 18.2 Å². The van der Waals surface area contributed by atoms with Crippen LogP contribution in [-0.2, 0) is 0 Å². The molecule has 1 amide bonds. The maximum atomic E-state index is 12.2. The topological polar surface area (TPSA) is 20.3 Å². The molecule has 1 aromatic rings. The van der Waals surface area contributed by atoms with E-state index in [0.29, 0.717) is 21.9 Å². The Hall–Kier alpha value is -0.730. The minimum Gasteiger partial charge on any atom is -0.341 e. The minimum absolute atomic E-state index is 0.0265. The number of nitrogens with zero attached hydrogens (tertiary/aromatic N) is 1. The predicted octanol–water partition coefficient (Wildman–Crippen LogP) is 3.74. The number of carbonyl (C=O) groups is 1. The first kappa shape index (κ1) is 13.7. The molecular formula is C14H17Cl2NO. The molecule has 2 nitrogen and oxygen atoms in total.